The zero-order chi connectivity index (χ0) is 12.5. The Morgan fingerprint density at radius 2 is 2.00 bits per heavy atom. The molecule has 0 bridgehead atoms. The highest BCUT2D eigenvalue weighted by atomic mass is 16.6. The van der Waals surface area contributed by atoms with Crippen molar-refractivity contribution in [3.63, 3.8) is 0 Å². The van der Waals surface area contributed by atoms with Crippen molar-refractivity contribution in [3.05, 3.63) is 35.9 Å². The van der Waals surface area contributed by atoms with Gasteiger partial charge in [0.2, 0.25) is 0 Å². The van der Waals surface area contributed by atoms with E-state index >= 15 is 0 Å². The number of hydrogen-bond acceptors (Lipinski definition) is 3. The van der Waals surface area contributed by atoms with Crippen LogP contribution in [0.4, 0.5) is 0 Å². The molecule has 17 heavy (non-hydrogen) atoms. The first kappa shape index (κ1) is 13.2. The minimum atomic E-state index is -0.827. The smallest absolute Gasteiger partial charge is 0.292 e. The molecule has 0 saturated carbocycles. The molecule has 1 rings (SSSR count). The van der Waals surface area contributed by atoms with Crippen LogP contribution in [0.1, 0.15) is 31.7 Å². The lowest BCUT2D eigenvalue weighted by atomic mass is 10.1. The van der Waals surface area contributed by atoms with E-state index in [9.17, 15) is 4.79 Å². The molecule has 91 valence electrons. The van der Waals surface area contributed by atoms with Gasteiger partial charge in [0.25, 0.3) is 5.91 Å². The number of oxime groups is 1. The number of unbranched alkanes of at least 4 members (excludes halogenated alkanes) is 2. The molecule has 0 spiro atoms. The lowest BCUT2D eigenvalue weighted by Crippen LogP contribution is -2.16. The van der Waals surface area contributed by atoms with Gasteiger partial charge >= 0.3 is 0 Å². The molecule has 0 aliphatic heterocycles. The van der Waals surface area contributed by atoms with Crippen LogP contribution >= 0.6 is 0 Å². The highest BCUT2D eigenvalue weighted by Gasteiger charge is 2.11. The van der Waals surface area contributed by atoms with Gasteiger partial charge < -0.3 is 4.84 Å². The van der Waals surface area contributed by atoms with Crippen LogP contribution < -0.4 is 5.73 Å². The molecule has 1 amide bonds. The summed E-state index contributed by atoms with van der Waals surface area (Å²) in [4.78, 5) is 16.2. The third-order valence-corrected chi connectivity index (χ3v) is 2.26. The van der Waals surface area contributed by atoms with Crippen molar-refractivity contribution in [2.24, 2.45) is 5.16 Å². The Balaban J connectivity index is 2.61. The summed E-state index contributed by atoms with van der Waals surface area (Å²) in [5.74, 6) is -0.827. The zero-order valence-corrected chi connectivity index (χ0v) is 9.98. The van der Waals surface area contributed by atoms with Gasteiger partial charge in [-0.2, -0.15) is 0 Å². The first-order chi connectivity index (χ1) is 8.25. The van der Waals surface area contributed by atoms with Gasteiger partial charge in [-0.1, -0.05) is 55.3 Å². The van der Waals surface area contributed by atoms with Gasteiger partial charge in [0, 0.05) is 5.56 Å². The molecule has 4 heteroatoms. The second-order valence-electron chi connectivity index (χ2n) is 3.68. The molecule has 1 radical (unpaired) electrons. The topological polar surface area (TPSA) is 62.5 Å². The van der Waals surface area contributed by atoms with Crippen LogP contribution in [0.15, 0.2) is 35.5 Å². The minimum Gasteiger partial charge on any atom is -0.395 e. The fourth-order valence-corrected chi connectivity index (χ4v) is 1.35. The van der Waals surface area contributed by atoms with E-state index in [2.05, 4.69) is 12.1 Å². The van der Waals surface area contributed by atoms with Crippen molar-refractivity contribution in [2.75, 3.05) is 6.61 Å². The van der Waals surface area contributed by atoms with Crippen LogP contribution in [0.2, 0.25) is 0 Å². The Morgan fingerprint density at radius 1 is 1.29 bits per heavy atom. The molecule has 0 saturated heterocycles. The quantitative estimate of drug-likeness (QED) is 0.412. The molecule has 0 aliphatic rings. The predicted molar refractivity (Wildman–Crippen MR) is 66.6 cm³/mol. The summed E-state index contributed by atoms with van der Waals surface area (Å²) in [6.07, 6.45) is 3.09. The molecular weight excluding hydrogens is 216 g/mol. The second-order valence-corrected chi connectivity index (χ2v) is 3.68. The van der Waals surface area contributed by atoms with E-state index in [1.54, 1.807) is 24.3 Å². The van der Waals surface area contributed by atoms with Gasteiger partial charge in [-0.25, -0.2) is 0 Å². The molecule has 0 fully saturated rings. The molecule has 0 aliphatic carbocycles. The third kappa shape index (κ3) is 4.68. The van der Waals surface area contributed by atoms with Crippen molar-refractivity contribution in [1.82, 2.24) is 5.73 Å². The van der Waals surface area contributed by atoms with Crippen molar-refractivity contribution < 1.29 is 9.63 Å². The van der Waals surface area contributed by atoms with E-state index in [1.165, 1.54) is 0 Å². The fourth-order valence-electron chi connectivity index (χ4n) is 1.35. The molecule has 1 N–H and O–H groups in total. The van der Waals surface area contributed by atoms with Crippen molar-refractivity contribution in [3.8, 4) is 0 Å². The Hall–Kier alpha value is -1.84. The van der Waals surface area contributed by atoms with Gasteiger partial charge in [0.15, 0.2) is 5.71 Å². The minimum absolute atomic E-state index is 0.0575. The van der Waals surface area contributed by atoms with E-state index in [4.69, 9.17) is 10.6 Å². The second kappa shape index (κ2) is 7.44. The number of nitrogens with one attached hydrogen (secondary N) is 1. The number of carbonyl (C=O) groups excluding carboxylic acids is 1. The first-order valence-electron chi connectivity index (χ1n) is 5.77. The van der Waals surface area contributed by atoms with Crippen LogP contribution in [0.25, 0.3) is 0 Å². The number of carbonyl (C=O) groups is 1. The van der Waals surface area contributed by atoms with Gasteiger partial charge in [0.1, 0.15) is 6.61 Å². The summed E-state index contributed by atoms with van der Waals surface area (Å²) in [5, 5.41) is 3.74. The van der Waals surface area contributed by atoms with Gasteiger partial charge in [-0.05, 0) is 6.42 Å². The van der Waals surface area contributed by atoms with Crippen LogP contribution in [0.3, 0.4) is 0 Å². The largest absolute Gasteiger partial charge is 0.395 e. The molecule has 0 aromatic heterocycles. The fraction of sp³-hybridized carbons (Fsp3) is 0.385. The van der Waals surface area contributed by atoms with Crippen molar-refractivity contribution in [1.29, 1.82) is 0 Å². The van der Waals surface area contributed by atoms with Crippen molar-refractivity contribution in [2.45, 2.75) is 26.2 Å². The Bertz CT molecular complexity index is 374. The monoisotopic (exact) mass is 233 g/mol. The maximum absolute atomic E-state index is 11.1. The molecule has 4 nitrogen and oxygen atoms in total. The first-order valence-corrected chi connectivity index (χ1v) is 5.77. The number of hydrogen-bond donors (Lipinski definition) is 0. The summed E-state index contributed by atoms with van der Waals surface area (Å²) in [7, 11) is 0. The lowest BCUT2D eigenvalue weighted by Gasteiger charge is -2.02. The summed E-state index contributed by atoms with van der Waals surface area (Å²) >= 11 is 0. The molecule has 0 heterocycles. The van der Waals surface area contributed by atoms with Gasteiger partial charge in [-0.3, -0.25) is 10.5 Å². The van der Waals surface area contributed by atoms with Crippen LogP contribution in [-0.4, -0.2) is 18.2 Å². The van der Waals surface area contributed by atoms with Crippen LogP contribution in [0, 0.1) is 0 Å². The Morgan fingerprint density at radius 3 is 2.59 bits per heavy atom. The lowest BCUT2D eigenvalue weighted by molar-refractivity contribution is -0.112. The van der Waals surface area contributed by atoms with Gasteiger partial charge in [-0.15, -0.1) is 0 Å². The Labute approximate surface area is 101 Å². The normalized spacial score (nSPS) is 11.2. The predicted octanol–water partition coefficient (Wildman–Crippen LogP) is 2.41. The Kier molecular flexibility index (Phi) is 5.79. The maximum Gasteiger partial charge on any atom is 0.292 e. The van der Waals surface area contributed by atoms with Crippen LogP contribution in [0.5, 0.6) is 0 Å². The highest BCUT2D eigenvalue weighted by molar-refractivity contribution is 6.44. The van der Waals surface area contributed by atoms with Gasteiger partial charge in [0.05, 0.1) is 0 Å². The number of rotatable bonds is 7. The average Bonchev–Trinajstić information content (AvgIpc) is 2.34. The summed E-state index contributed by atoms with van der Waals surface area (Å²) in [6.45, 7) is 2.59. The molecule has 0 atom stereocenters. The summed E-state index contributed by atoms with van der Waals surface area (Å²) < 4.78 is 0. The van der Waals surface area contributed by atoms with E-state index < -0.39 is 5.91 Å². The molecule has 1 aromatic rings. The van der Waals surface area contributed by atoms with Crippen molar-refractivity contribution >= 4 is 11.6 Å². The number of nitrogens with zero attached hydrogens (tertiary/aromatic N) is 1. The van der Waals surface area contributed by atoms with E-state index in [0.29, 0.717) is 12.2 Å². The molecule has 0 unspecified atom stereocenters. The van der Waals surface area contributed by atoms with E-state index in [-0.39, 0.29) is 5.71 Å². The maximum atomic E-state index is 11.1. The number of benzene rings is 1. The van der Waals surface area contributed by atoms with E-state index in [1.807, 2.05) is 6.07 Å². The summed E-state index contributed by atoms with van der Waals surface area (Å²) in [6, 6.07) is 8.91. The SMILES string of the molecule is CCCCCO/N=C(\C([NH])=O)c1ccccc1. The molecule has 1 aromatic carbocycles. The zero-order valence-electron chi connectivity index (χ0n) is 9.98. The highest BCUT2D eigenvalue weighted by Crippen LogP contribution is 2.03. The molecular formula is C13H17N2O2. The third-order valence-electron chi connectivity index (χ3n) is 2.26. The van der Waals surface area contributed by atoms with E-state index in [0.717, 1.165) is 19.3 Å². The average molecular weight is 233 g/mol. The summed E-state index contributed by atoms with van der Waals surface area (Å²) in [5.41, 5.74) is 7.81. The van der Waals surface area contributed by atoms with Crippen LogP contribution in [-0.2, 0) is 9.63 Å². The number of amides is 1. The standard InChI is InChI=1S/C13H17N2O2/c1-2-3-7-10-17-15-12(13(14)16)11-8-5-4-6-9-11/h4-6,8-9,14H,2-3,7,10H2,1H3/b15-12-.